The Labute approximate surface area is 178 Å². The summed E-state index contributed by atoms with van der Waals surface area (Å²) in [6.45, 7) is 6.13. The number of fused-ring (bicyclic) bond motifs is 1. The first-order valence-electron chi connectivity index (χ1n) is 10.7. The number of hydrogen-bond acceptors (Lipinski definition) is 4. The molecule has 162 valence electrons. The summed E-state index contributed by atoms with van der Waals surface area (Å²) in [5.41, 5.74) is 4.10. The number of ether oxygens (including phenoxy) is 2. The van der Waals surface area contributed by atoms with E-state index in [1.807, 2.05) is 30.3 Å². The molecule has 0 unspecified atom stereocenters. The molecule has 1 aromatic heterocycles. The molecule has 3 rings (SSSR count). The third-order valence-corrected chi connectivity index (χ3v) is 5.28. The van der Waals surface area contributed by atoms with Crippen molar-refractivity contribution in [2.75, 3.05) is 19.8 Å². The van der Waals surface area contributed by atoms with Crippen molar-refractivity contribution in [3.05, 3.63) is 64.1 Å². The van der Waals surface area contributed by atoms with E-state index in [4.69, 9.17) is 9.47 Å². The van der Waals surface area contributed by atoms with Gasteiger partial charge in [0.15, 0.2) is 0 Å². The topological polar surface area (TPSA) is 57.4 Å². The number of benzene rings is 2. The SMILES string of the molecule is CCCCOCCCNCc1ccc(OCc2ccc3c(c2)n(C)c(=O)n3C)cc1. The fourth-order valence-corrected chi connectivity index (χ4v) is 3.39. The molecule has 6 heteroatoms. The van der Waals surface area contributed by atoms with Crippen LogP contribution in [0.1, 0.15) is 37.3 Å². The lowest BCUT2D eigenvalue weighted by atomic mass is 10.2. The van der Waals surface area contributed by atoms with Gasteiger partial charge in [0, 0.05) is 33.9 Å². The van der Waals surface area contributed by atoms with Gasteiger partial charge in [-0.05, 0) is 54.8 Å². The molecule has 0 bridgehead atoms. The quantitative estimate of drug-likeness (QED) is 0.461. The van der Waals surface area contributed by atoms with Crippen LogP contribution >= 0.6 is 0 Å². The predicted molar refractivity (Wildman–Crippen MR) is 121 cm³/mol. The standard InChI is InChI=1S/C24H33N3O3/c1-4-5-14-29-15-6-13-25-17-19-7-10-21(11-8-19)30-18-20-9-12-22-23(16-20)27(3)24(28)26(22)2/h7-12,16,25H,4-6,13-15,17-18H2,1-3H3. The first-order chi connectivity index (χ1) is 14.6. The van der Waals surface area contributed by atoms with Crippen LogP contribution in [0, 0.1) is 0 Å². The van der Waals surface area contributed by atoms with Gasteiger partial charge in [-0.2, -0.15) is 0 Å². The van der Waals surface area contributed by atoms with Gasteiger partial charge in [0.1, 0.15) is 12.4 Å². The average Bonchev–Trinajstić information content (AvgIpc) is 2.98. The molecule has 3 aromatic rings. The minimum absolute atomic E-state index is 0.0173. The third kappa shape index (κ3) is 5.74. The maximum absolute atomic E-state index is 12.1. The van der Waals surface area contributed by atoms with Crippen molar-refractivity contribution in [2.45, 2.75) is 39.3 Å². The van der Waals surface area contributed by atoms with Crippen LogP contribution in [0.4, 0.5) is 0 Å². The molecule has 0 atom stereocenters. The summed E-state index contributed by atoms with van der Waals surface area (Å²) in [6, 6.07) is 14.2. The molecule has 0 radical (unpaired) electrons. The average molecular weight is 412 g/mol. The summed E-state index contributed by atoms with van der Waals surface area (Å²) in [5, 5.41) is 3.45. The lowest BCUT2D eigenvalue weighted by Gasteiger charge is -2.09. The minimum atomic E-state index is -0.0173. The van der Waals surface area contributed by atoms with Gasteiger partial charge in [-0.1, -0.05) is 31.5 Å². The molecule has 2 aromatic carbocycles. The van der Waals surface area contributed by atoms with E-state index < -0.39 is 0 Å². The lowest BCUT2D eigenvalue weighted by Crippen LogP contribution is -2.19. The summed E-state index contributed by atoms with van der Waals surface area (Å²) < 4.78 is 14.8. The summed E-state index contributed by atoms with van der Waals surface area (Å²) >= 11 is 0. The summed E-state index contributed by atoms with van der Waals surface area (Å²) in [5.74, 6) is 0.838. The predicted octanol–water partition coefficient (Wildman–Crippen LogP) is 3.75. The van der Waals surface area contributed by atoms with E-state index in [1.54, 1.807) is 23.2 Å². The zero-order valence-corrected chi connectivity index (χ0v) is 18.3. The highest BCUT2D eigenvalue weighted by molar-refractivity contribution is 5.76. The Balaban J connectivity index is 1.43. The van der Waals surface area contributed by atoms with Crippen LogP contribution < -0.4 is 15.7 Å². The molecular weight excluding hydrogens is 378 g/mol. The van der Waals surface area contributed by atoms with E-state index >= 15 is 0 Å². The van der Waals surface area contributed by atoms with Crippen molar-refractivity contribution in [1.29, 1.82) is 0 Å². The first kappa shape index (κ1) is 22.1. The number of hydrogen-bond donors (Lipinski definition) is 1. The van der Waals surface area contributed by atoms with Crippen LogP contribution in [0.15, 0.2) is 47.3 Å². The largest absolute Gasteiger partial charge is 0.489 e. The van der Waals surface area contributed by atoms with Crippen molar-refractivity contribution >= 4 is 11.0 Å². The molecule has 1 heterocycles. The fraction of sp³-hybridized carbons (Fsp3) is 0.458. The Bertz CT molecular complexity index is 989. The molecule has 0 saturated heterocycles. The van der Waals surface area contributed by atoms with Gasteiger partial charge in [0.25, 0.3) is 0 Å². The maximum atomic E-state index is 12.1. The van der Waals surface area contributed by atoms with Crippen molar-refractivity contribution in [2.24, 2.45) is 14.1 Å². The van der Waals surface area contributed by atoms with E-state index in [-0.39, 0.29) is 5.69 Å². The first-order valence-corrected chi connectivity index (χ1v) is 10.7. The van der Waals surface area contributed by atoms with Crippen LogP contribution in [0.2, 0.25) is 0 Å². The molecule has 0 spiro atoms. The molecule has 6 nitrogen and oxygen atoms in total. The van der Waals surface area contributed by atoms with Gasteiger partial charge in [-0.25, -0.2) is 4.79 Å². The van der Waals surface area contributed by atoms with Crippen LogP contribution in [-0.2, 0) is 32.0 Å². The van der Waals surface area contributed by atoms with Crippen molar-refractivity contribution in [3.8, 4) is 5.75 Å². The van der Waals surface area contributed by atoms with Crippen LogP contribution in [0.25, 0.3) is 11.0 Å². The number of nitrogens with one attached hydrogen (secondary N) is 1. The number of rotatable bonds is 12. The molecular formula is C24H33N3O3. The van der Waals surface area contributed by atoms with Gasteiger partial charge in [0.05, 0.1) is 11.0 Å². The number of unbranched alkanes of at least 4 members (excludes halogenated alkanes) is 1. The Morgan fingerprint density at radius 2 is 1.60 bits per heavy atom. The number of imidazole rings is 1. The van der Waals surface area contributed by atoms with E-state index in [1.165, 1.54) is 12.0 Å². The van der Waals surface area contributed by atoms with E-state index in [0.29, 0.717) is 6.61 Å². The van der Waals surface area contributed by atoms with Gasteiger partial charge < -0.3 is 14.8 Å². The second kappa shape index (κ2) is 11.0. The Morgan fingerprint density at radius 3 is 2.37 bits per heavy atom. The zero-order chi connectivity index (χ0) is 21.3. The molecule has 30 heavy (non-hydrogen) atoms. The highest BCUT2D eigenvalue weighted by atomic mass is 16.5. The van der Waals surface area contributed by atoms with E-state index in [9.17, 15) is 4.79 Å². The Kier molecular flexibility index (Phi) is 8.11. The second-order valence-electron chi connectivity index (χ2n) is 7.65. The molecule has 0 saturated carbocycles. The number of aromatic nitrogens is 2. The molecule has 0 fully saturated rings. The van der Waals surface area contributed by atoms with Gasteiger partial charge >= 0.3 is 5.69 Å². The van der Waals surface area contributed by atoms with Gasteiger partial charge in [-0.15, -0.1) is 0 Å². The summed E-state index contributed by atoms with van der Waals surface area (Å²) in [4.78, 5) is 12.1. The monoisotopic (exact) mass is 411 g/mol. The van der Waals surface area contributed by atoms with E-state index in [0.717, 1.165) is 61.5 Å². The molecule has 0 aliphatic heterocycles. The van der Waals surface area contributed by atoms with Crippen molar-refractivity contribution in [1.82, 2.24) is 14.5 Å². The Morgan fingerprint density at radius 1 is 0.900 bits per heavy atom. The fourth-order valence-electron chi connectivity index (χ4n) is 3.39. The highest BCUT2D eigenvalue weighted by Gasteiger charge is 2.08. The molecule has 1 N–H and O–H groups in total. The molecule has 0 aliphatic carbocycles. The highest BCUT2D eigenvalue weighted by Crippen LogP contribution is 2.17. The smallest absolute Gasteiger partial charge is 0.328 e. The van der Waals surface area contributed by atoms with Crippen LogP contribution in [0.5, 0.6) is 5.75 Å². The van der Waals surface area contributed by atoms with Crippen molar-refractivity contribution < 1.29 is 9.47 Å². The van der Waals surface area contributed by atoms with Crippen LogP contribution in [0.3, 0.4) is 0 Å². The second-order valence-corrected chi connectivity index (χ2v) is 7.65. The molecule has 0 amide bonds. The number of aryl methyl sites for hydroxylation is 2. The lowest BCUT2D eigenvalue weighted by molar-refractivity contribution is 0.129. The van der Waals surface area contributed by atoms with Gasteiger partial charge in [-0.3, -0.25) is 9.13 Å². The maximum Gasteiger partial charge on any atom is 0.328 e. The zero-order valence-electron chi connectivity index (χ0n) is 18.3. The van der Waals surface area contributed by atoms with Gasteiger partial charge in [0.2, 0.25) is 0 Å². The third-order valence-electron chi connectivity index (χ3n) is 5.28. The Hall–Kier alpha value is -2.57. The van der Waals surface area contributed by atoms with E-state index in [2.05, 4.69) is 24.4 Å². The normalized spacial score (nSPS) is 11.3. The number of nitrogens with zero attached hydrogens (tertiary/aromatic N) is 2. The molecule has 0 aliphatic rings. The summed E-state index contributed by atoms with van der Waals surface area (Å²) in [6.07, 6.45) is 3.35. The van der Waals surface area contributed by atoms with Crippen molar-refractivity contribution in [3.63, 3.8) is 0 Å². The summed E-state index contributed by atoms with van der Waals surface area (Å²) in [7, 11) is 3.58. The van der Waals surface area contributed by atoms with Crippen LogP contribution in [-0.4, -0.2) is 28.9 Å². The minimum Gasteiger partial charge on any atom is -0.489 e.